The smallest absolute Gasteiger partial charge is 0.230 e. The minimum Gasteiger partial charge on any atom is -0.383 e. The van der Waals surface area contributed by atoms with Gasteiger partial charge in [0.2, 0.25) is 5.91 Å². The average molecular weight is 314 g/mol. The van der Waals surface area contributed by atoms with E-state index in [9.17, 15) is 4.79 Å². The lowest BCUT2D eigenvalue weighted by atomic mass is 10.00. The predicted molar refractivity (Wildman–Crippen MR) is 85.9 cm³/mol. The molecular formula is C17H22N4O2. The zero-order valence-electron chi connectivity index (χ0n) is 13.6. The topological polar surface area (TPSA) is 60.2 Å². The monoisotopic (exact) mass is 314 g/mol. The zero-order valence-corrected chi connectivity index (χ0v) is 13.6. The first-order valence-corrected chi connectivity index (χ1v) is 7.89. The number of rotatable bonds is 6. The van der Waals surface area contributed by atoms with Gasteiger partial charge in [0, 0.05) is 20.7 Å². The Hall–Kier alpha value is -2.21. The lowest BCUT2D eigenvalue weighted by molar-refractivity contribution is -0.132. The number of hydrogen-bond acceptors (Lipinski definition) is 4. The van der Waals surface area contributed by atoms with E-state index in [1.165, 1.54) is 11.1 Å². The molecule has 1 heterocycles. The maximum absolute atomic E-state index is 12.8. The van der Waals surface area contributed by atoms with Crippen molar-refractivity contribution < 1.29 is 9.53 Å². The van der Waals surface area contributed by atoms with Crippen LogP contribution in [0.2, 0.25) is 0 Å². The zero-order chi connectivity index (χ0) is 16.2. The molecule has 0 bridgehead atoms. The number of likely N-dealkylation sites (N-methyl/N-ethyl adjacent to an activating group) is 1. The van der Waals surface area contributed by atoms with Gasteiger partial charge in [-0.3, -0.25) is 4.79 Å². The second-order valence-corrected chi connectivity index (χ2v) is 5.92. The Kier molecular flexibility index (Phi) is 4.71. The van der Waals surface area contributed by atoms with E-state index < -0.39 is 0 Å². The van der Waals surface area contributed by atoms with Crippen LogP contribution in [0, 0.1) is 0 Å². The minimum absolute atomic E-state index is 0.0356. The summed E-state index contributed by atoms with van der Waals surface area (Å²) in [5.41, 5.74) is 2.47. The van der Waals surface area contributed by atoms with Gasteiger partial charge in [-0.15, -0.1) is 10.2 Å². The number of methoxy groups -OCH3 is 1. The van der Waals surface area contributed by atoms with Crippen LogP contribution in [0.1, 0.15) is 29.3 Å². The van der Waals surface area contributed by atoms with Crippen LogP contribution in [-0.2, 0) is 29.0 Å². The van der Waals surface area contributed by atoms with E-state index in [0.717, 1.165) is 18.7 Å². The fourth-order valence-corrected chi connectivity index (χ4v) is 3.15. The molecule has 1 aromatic heterocycles. The van der Waals surface area contributed by atoms with Crippen molar-refractivity contribution in [2.24, 2.45) is 0 Å². The largest absolute Gasteiger partial charge is 0.383 e. The SMILES string of the molecule is COCCn1cnnc1CN(C)C(=O)C1CCc2ccccc21. The summed E-state index contributed by atoms with van der Waals surface area (Å²) in [6.07, 6.45) is 3.54. The Morgan fingerprint density at radius 3 is 3.09 bits per heavy atom. The van der Waals surface area contributed by atoms with E-state index in [1.54, 1.807) is 18.3 Å². The number of amides is 1. The number of fused-ring (bicyclic) bond motifs is 1. The summed E-state index contributed by atoms with van der Waals surface area (Å²) in [6.45, 7) is 1.74. The van der Waals surface area contributed by atoms with Crippen LogP contribution in [0.4, 0.5) is 0 Å². The van der Waals surface area contributed by atoms with Crippen LogP contribution < -0.4 is 0 Å². The quantitative estimate of drug-likeness (QED) is 0.813. The first-order valence-electron chi connectivity index (χ1n) is 7.89. The summed E-state index contributed by atoms with van der Waals surface area (Å²) in [7, 11) is 3.50. The minimum atomic E-state index is -0.0356. The van der Waals surface area contributed by atoms with E-state index in [0.29, 0.717) is 19.7 Å². The normalized spacial score (nSPS) is 16.3. The molecular weight excluding hydrogens is 292 g/mol. The van der Waals surface area contributed by atoms with Crippen molar-refractivity contribution in [3.8, 4) is 0 Å². The van der Waals surface area contributed by atoms with Crippen LogP contribution in [0.3, 0.4) is 0 Å². The molecule has 122 valence electrons. The molecule has 1 atom stereocenters. The molecule has 23 heavy (non-hydrogen) atoms. The summed E-state index contributed by atoms with van der Waals surface area (Å²) >= 11 is 0. The molecule has 0 radical (unpaired) electrons. The molecule has 0 aliphatic heterocycles. The summed E-state index contributed by atoms with van der Waals surface area (Å²) in [6, 6.07) is 8.23. The highest BCUT2D eigenvalue weighted by Gasteiger charge is 2.30. The van der Waals surface area contributed by atoms with E-state index in [1.807, 2.05) is 23.7 Å². The number of ether oxygens (including phenoxy) is 1. The highest BCUT2D eigenvalue weighted by atomic mass is 16.5. The van der Waals surface area contributed by atoms with Gasteiger partial charge >= 0.3 is 0 Å². The molecule has 1 aliphatic carbocycles. The standard InChI is InChI=1S/C17H22N4O2/c1-20(11-16-19-18-12-21(16)9-10-23-2)17(22)15-8-7-13-5-3-4-6-14(13)15/h3-6,12,15H,7-11H2,1-2H3. The lowest BCUT2D eigenvalue weighted by Gasteiger charge is -2.21. The molecule has 6 nitrogen and oxygen atoms in total. The summed E-state index contributed by atoms with van der Waals surface area (Å²) in [4.78, 5) is 14.6. The van der Waals surface area contributed by atoms with Crippen LogP contribution in [0.25, 0.3) is 0 Å². The fraction of sp³-hybridized carbons (Fsp3) is 0.471. The molecule has 2 aromatic rings. The summed E-state index contributed by atoms with van der Waals surface area (Å²) < 4.78 is 7.01. The Bertz CT molecular complexity index is 683. The first kappa shape index (κ1) is 15.7. The van der Waals surface area contributed by atoms with Gasteiger partial charge in [-0.2, -0.15) is 0 Å². The van der Waals surface area contributed by atoms with Crippen LogP contribution >= 0.6 is 0 Å². The van der Waals surface area contributed by atoms with Crippen molar-refractivity contribution >= 4 is 5.91 Å². The molecule has 6 heteroatoms. The van der Waals surface area contributed by atoms with Crippen molar-refractivity contribution in [1.29, 1.82) is 0 Å². The molecule has 1 unspecified atom stereocenters. The van der Waals surface area contributed by atoms with Crippen molar-refractivity contribution in [1.82, 2.24) is 19.7 Å². The molecule has 1 amide bonds. The Balaban J connectivity index is 1.68. The second kappa shape index (κ2) is 6.91. The van der Waals surface area contributed by atoms with Gasteiger partial charge in [-0.05, 0) is 24.0 Å². The predicted octanol–water partition coefficient (Wildman–Crippen LogP) is 1.61. The molecule has 1 aliphatic rings. The fourth-order valence-electron chi connectivity index (χ4n) is 3.15. The van der Waals surface area contributed by atoms with Crippen LogP contribution in [-0.4, -0.2) is 46.3 Å². The van der Waals surface area contributed by atoms with Gasteiger partial charge in [0.1, 0.15) is 6.33 Å². The van der Waals surface area contributed by atoms with Gasteiger partial charge in [-0.25, -0.2) is 0 Å². The second-order valence-electron chi connectivity index (χ2n) is 5.92. The molecule has 1 aromatic carbocycles. The first-order chi connectivity index (χ1) is 11.2. The van der Waals surface area contributed by atoms with Gasteiger partial charge in [0.25, 0.3) is 0 Å². The molecule has 0 saturated carbocycles. The number of hydrogen-bond donors (Lipinski definition) is 0. The van der Waals surface area contributed by atoms with Crippen LogP contribution in [0.5, 0.6) is 0 Å². The summed E-state index contributed by atoms with van der Waals surface area (Å²) in [5, 5.41) is 8.07. The van der Waals surface area contributed by atoms with Gasteiger partial charge in [0.15, 0.2) is 5.82 Å². The van der Waals surface area contributed by atoms with Crippen molar-refractivity contribution in [2.75, 3.05) is 20.8 Å². The van der Waals surface area contributed by atoms with Gasteiger partial charge in [-0.1, -0.05) is 24.3 Å². The maximum Gasteiger partial charge on any atom is 0.230 e. The number of nitrogens with zero attached hydrogens (tertiary/aromatic N) is 4. The number of aryl methyl sites for hydroxylation is 1. The van der Waals surface area contributed by atoms with Crippen molar-refractivity contribution in [2.45, 2.75) is 31.8 Å². The number of carbonyl (C=O) groups excluding carboxylic acids is 1. The van der Waals surface area contributed by atoms with Crippen molar-refractivity contribution in [3.05, 3.63) is 47.5 Å². The average Bonchev–Trinajstić information content (AvgIpc) is 3.18. The Morgan fingerprint density at radius 2 is 2.26 bits per heavy atom. The molecule has 0 spiro atoms. The van der Waals surface area contributed by atoms with E-state index >= 15 is 0 Å². The molecule has 0 saturated heterocycles. The highest BCUT2D eigenvalue weighted by molar-refractivity contribution is 5.84. The van der Waals surface area contributed by atoms with Gasteiger partial charge in [0.05, 0.1) is 19.1 Å². The summed E-state index contributed by atoms with van der Waals surface area (Å²) in [5.74, 6) is 0.895. The molecule has 0 fully saturated rings. The number of aromatic nitrogens is 3. The van der Waals surface area contributed by atoms with E-state index in [2.05, 4.69) is 22.3 Å². The number of carbonyl (C=O) groups is 1. The third kappa shape index (κ3) is 3.27. The van der Waals surface area contributed by atoms with Crippen molar-refractivity contribution in [3.63, 3.8) is 0 Å². The highest BCUT2D eigenvalue weighted by Crippen LogP contribution is 2.34. The van der Waals surface area contributed by atoms with Crippen LogP contribution in [0.15, 0.2) is 30.6 Å². The Labute approximate surface area is 136 Å². The molecule has 0 N–H and O–H groups in total. The van der Waals surface area contributed by atoms with Gasteiger partial charge < -0.3 is 14.2 Å². The molecule has 3 rings (SSSR count). The number of benzene rings is 1. The third-order valence-corrected chi connectivity index (χ3v) is 4.42. The lowest BCUT2D eigenvalue weighted by Crippen LogP contribution is -2.31. The van der Waals surface area contributed by atoms with E-state index in [4.69, 9.17) is 4.74 Å². The Morgan fingerprint density at radius 1 is 1.43 bits per heavy atom. The maximum atomic E-state index is 12.8. The van der Waals surface area contributed by atoms with E-state index in [-0.39, 0.29) is 11.8 Å². The third-order valence-electron chi connectivity index (χ3n) is 4.42.